The zero-order valence-corrected chi connectivity index (χ0v) is 13.5. The molecule has 1 fully saturated rings. The molecule has 0 radical (unpaired) electrons. The zero-order valence-electron chi connectivity index (χ0n) is 12.0. The molecule has 1 saturated carbocycles. The van der Waals surface area contributed by atoms with E-state index in [1.807, 2.05) is 17.5 Å². The van der Waals surface area contributed by atoms with Crippen molar-refractivity contribution in [1.29, 1.82) is 0 Å². The lowest BCUT2D eigenvalue weighted by atomic mass is 10.2. The van der Waals surface area contributed by atoms with Crippen LogP contribution in [0, 0.1) is 0 Å². The van der Waals surface area contributed by atoms with E-state index in [2.05, 4.69) is 10.3 Å². The maximum Gasteiger partial charge on any atom is 0.271 e. The summed E-state index contributed by atoms with van der Waals surface area (Å²) in [4.78, 5) is 29.7. The Balaban J connectivity index is 1.84. The number of halogens is 1. The van der Waals surface area contributed by atoms with Crippen molar-refractivity contribution in [3.8, 4) is 11.3 Å². The SMILES string of the molecule is O=C(NC1CC1)c1cnc2scc(-c3ccc(Cl)cc3)n2c1=O. The van der Waals surface area contributed by atoms with Crippen LogP contribution in [0.15, 0.2) is 40.6 Å². The van der Waals surface area contributed by atoms with Crippen molar-refractivity contribution in [3.05, 3.63) is 56.8 Å². The summed E-state index contributed by atoms with van der Waals surface area (Å²) in [5, 5.41) is 5.31. The first-order chi connectivity index (χ1) is 11.1. The highest BCUT2D eigenvalue weighted by atomic mass is 35.5. The Labute approximate surface area is 140 Å². The second-order valence-electron chi connectivity index (χ2n) is 5.47. The molecular weight excluding hydrogens is 334 g/mol. The van der Waals surface area contributed by atoms with Gasteiger partial charge in [0.25, 0.3) is 11.5 Å². The number of hydrogen-bond acceptors (Lipinski definition) is 4. The molecule has 116 valence electrons. The minimum absolute atomic E-state index is 0.0722. The zero-order chi connectivity index (χ0) is 16.0. The molecular formula is C16H12ClN3O2S. The Morgan fingerprint density at radius 3 is 2.74 bits per heavy atom. The highest BCUT2D eigenvalue weighted by Gasteiger charge is 2.26. The average molecular weight is 346 g/mol. The molecule has 5 nitrogen and oxygen atoms in total. The molecule has 0 unspecified atom stereocenters. The fraction of sp³-hybridized carbons (Fsp3) is 0.188. The van der Waals surface area contributed by atoms with Gasteiger partial charge in [-0.1, -0.05) is 23.7 Å². The second-order valence-corrected chi connectivity index (χ2v) is 6.74. The molecule has 0 bridgehead atoms. The number of carbonyl (C=O) groups excluding carboxylic acids is 1. The lowest BCUT2D eigenvalue weighted by Crippen LogP contribution is -2.32. The van der Waals surface area contributed by atoms with E-state index in [0.29, 0.717) is 15.7 Å². The number of rotatable bonds is 3. The van der Waals surface area contributed by atoms with Gasteiger partial charge < -0.3 is 5.32 Å². The third kappa shape index (κ3) is 2.64. The maximum atomic E-state index is 12.7. The van der Waals surface area contributed by atoms with E-state index >= 15 is 0 Å². The van der Waals surface area contributed by atoms with Gasteiger partial charge in [0, 0.05) is 22.6 Å². The van der Waals surface area contributed by atoms with Crippen LogP contribution in [0.2, 0.25) is 5.02 Å². The van der Waals surface area contributed by atoms with Crippen molar-refractivity contribution in [3.63, 3.8) is 0 Å². The topological polar surface area (TPSA) is 63.5 Å². The van der Waals surface area contributed by atoms with Gasteiger partial charge in [-0.2, -0.15) is 0 Å². The van der Waals surface area contributed by atoms with Crippen molar-refractivity contribution < 1.29 is 4.79 Å². The van der Waals surface area contributed by atoms with Crippen LogP contribution in [0.25, 0.3) is 16.2 Å². The Kier molecular flexibility index (Phi) is 3.43. The van der Waals surface area contributed by atoms with Gasteiger partial charge in [-0.05, 0) is 30.5 Å². The summed E-state index contributed by atoms with van der Waals surface area (Å²) >= 11 is 7.27. The summed E-state index contributed by atoms with van der Waals surface area (Å²) in [5.74, 6) is -0.354. The van der Waals surface area contributed by atoms with Gasteiger partial charge in [0.05, 0.1) is 5.69 Å². The molecule has 2 aromatic heterocycles. The van der Waals surface area contributed by atoms with Crippen LogP contribution < -0.4 is 10.9 Å². The fourth-order valence-electron chi connectivity index (χ4n) is 2.36. The number of fused-ring (bicyclic) bond motifs is 1. The molecule has 0 spiro atoms. The first-order valence-corrected chi connectivity index (χ1v) is 8.45. The van der Waals surface area contributed by atoms with Crippen LogP contribution >= 0.6 is 22.9 Å². The number of aromatic nitrogens is 2. The first-order valence-electron chi connectivity index (χ1n) is 7.19. The Bertz CT molecular complexity index is 958. The monoisotopic (exact) mass is 345 g/mol. The van der Waals surface area contributed by atoms with Crippen LogP contribution in [-0.2, 0) is 0 Å². The quantitative estimate of drug-likeness (QED) is 0.793. The summed E-state index contributed by atoms with van der Waals surface area (Å²) in [5.41, 5.74) is 1.28. The van der Waals surface area contributed by atoms with Gasteiger partial charge in [-0.25, -0.2) is 4.98 Å². The lowest BCUT2D eigenvalue weighted by molar-refractivity contribution is 0.0949. The molecule has 1 aliphatic carbocycles. The van der Waals surface area contributed by atoms with Gasteiger partial charge in [-0.3, -0.25) is 14.0 Å². The Hall–Kier alpha value is -2.18. The molecule has 0 atom stereocenters. The van der Waals surface area contributed by atoms with Crippen LogP contribution in [0.3, 0.4) is 0 Å². The molecule has 4 rings (SSSR count). The van der Waals surface area contributed by atoms with Gasteiger partial charge in [0.15, 0.2) is 4.96 Å². The smallest absolute Gasteiger partial charge is 0.271 e. The lowest BCUT2D eigenvalue weighted by Gasteiger charge is -2.05. The van der Waals surface area contributed by atoms with E-state index < -0.39 is 0 Å². The summed E-state index contributed by atoms with van der Waals surface area (Å²) in [6.45, 7) is 0. The molecule has 0 saturated heterocycles. The van der Waals surface area contributed by atoms with E-state index in [0.717, 1.165) is 18.4 Å². The normalized spacial score (nSPS) is 14.1. The fourth-order valence-corrected chi connectivity index (χ4v) is 3.35. The third-order valence-electron chi connectivity index (χ3n) is 3.74. The summed E-state index contributed by atoms with van der Waals surface area (Å²) in [7, 11) is 0. The minimum atomic E-state index is -0.354. The number of thiazole rings is 1. The van der Waals surface area contributed by atoms with E-state index in [1.54, 1.807) is 12.1 Å². The molecule has 1 N–H and O–H groups in total. The van der Waals surface area contributed by atoms with E-state index in [9.17, 15) is 9.59 Å². The van der Waals surface area contributed by atoms with Crippen molar-refractivity contribution >= 4 is 33.8 Å². The average Bonchev–Trinajstić information content (AvgIpc) is 3.24. The van der Waals surface area contributed by atoms with Gasteiger partial charge in [0.1, 0.15) is 5.56 Å². The molecule has 0 aliphatic heterocycles. The van der Waals surface area contributed by atoms with Crippen LogP contribution in [-0.4, -0.2) is 21.3 Å². The second kappa shape index (κ2) is 5.47. The first kappa shape index (κ1) is 14.4. The molecule has 2 heterocycles. The molecule has 1 aliphatic rings. The molecule has 3 aromatic rings. The summed E-state index contributed by atoms with van der Waals surface area (Å²) < 4.78 is 1.48. The standard InChI is InChI=1S/C16H12ClN3O2S/c17-10-3-1-9(2-4-10)13-8-23-16-18-7-12(15(22)20(13)16)14(21)19-11-5-6-11/h1-4,7-8,11H,5-6H2,(H,19,21). The molecule has 1 amide bonds. The Morgan fingerprint density at radius 2 is 2.04 bits per heavy atom. The van der Waals surface area contributed by atoms with Crippen molar-refractivity contribution in [2.24, 2.45) is 0 Å². The molecule has 1 aromatic carbocycles. The number of amides is 1. The van der Waals surface area contributed by atoms with E-state index in [1.165, 1.54) is 21.9 Å². The highest BCUT2D eigenvalue weighted by Crippen LogP contribution is 2.25. The molecule has 7 heteroatoms. The highest BCUT2D eigenvalue weighted by molar-refractivity contribution is 7.15. The maximum absolute atomic E-state index is 12.7. The Morgan fingerprint density at radius 1 is 1.30 bits per heavy atom. The number of hydrogen-bond donors (Lipinski definition) is 1. The largest absolute Gasteiger partial charge is 0.349 e. The van der Waals surface area contributed by atoms with Gasteiger partial charge >= 0.3 is 0 Å². The molecule has 23 heavy (non-hydrogen) atoms. The predicted octanol–water partition coefficient (Wildman–Crippen LogP) is 2.97. The van der Waals surface area contributed by atoms with Gasteiger partial charge in [-0.15, -0.1) is 11.3 Å². The van der Waals surface area contributed by atoms with E-state index in [4.69, 9.17) is 11.6 Å². The third-order valence-corrected chi connectivity index (χ3v) is 4.83. The number of carbonyl (C=O) groups is 1. The summed E-state index contributed by atoms with van der Waals surface area (Å²) in [6, 6.07) is 7.41. The number of benzene rings is 1. The number of nitrogens with one attached hydrogen (secondary N) is 1. The number of nitrogens with zero attached hydrogens (tertiary/aromatic N) is 2. The summed E-state index contributed by atoms with van der Waals surface area (Å²) in [6.07, 6.45) is 3.30. The van der Waals surface area contributed by atoms with Gasteiger partial charge in [0.2, 0.25) is 0 Å². The van der Waals surface area contributed by atoms with Crippen LogP contribution in [0.1, 0.15) is 23.2 Å². The van der Waals surface area contributed by atoms with Crippen LogP contribution in [0.5, 0.6) is 0 Å². The minimum Gasteiger partial charge on any atom is -0.349 e. The van der Waals surface area contributed by atoms with Crippen LogP contribution in [0.4, 0.5) is 0 Å². The predicted molar refractivity (Wildman–Crippen MR) is 90.3 cm³/mol. The van der Waals surface area contributed by atoms with Crippen molar-refractivity contribution in [1.82, 2.24) is 14.7 Å². The van der Waals surface area contributed by atoms with E-state index in [-0.39, 0.29) is 23.1 Å². The van der Waals surface area contributed by atoms with Crippen molar-refractivity contribution in [2.75, 3.05) is 0 Å². The van der Waals surface area contributed by atoms with Crippen molar-refractivity contribution in [2.45, 2.75) is 18.9 Å².